The van der Waals surface area contributed by atoms with Gasteiger partial charge in [0, 0.05) is 11.8 Å². The zero-order valence-electron chi connectivity index (χ0n) is 11.4. The van der Waals surface area contributed by atoms with Crippen molar-refractivity contribution in [1.29, 1.82) is 0 Å². The summed E-state index contributed by atoms with van der Waals surface area (Å²) in [7, 11) is 0. The predicted molar refractivity (Wildman–Crippen MR) is 84.2 cm³/mol. The van der Waals surface area contributed by atoms with Crippen molar-refractivity contribution in [2.45, 2.75) is 0 Å². The quantitative estimate of drug-likeness (QED) is 0.360. The van der Waals surface area contributed by atoms with Crippen LogP contribution in [0, 0.1) is 10.1 Å². The van der Waals surface area contributed by atoms with Gasteiger partial charge in [-0.1, -0.05) is 18.2 Å². The molecule has 0 aliphatic rings. The standard InChI is InChI=1S/C13H11N3O6S/c17-13(18)8-6-10(15-23(21)22)12(11(7-8)16(19)20)14-9-4-2-1-3-5-9/h1-7,14-15H,(H,17,18)(H,21,22). The third-order valence-corrected chi connectivity index (χ3v) is 3.20. The number of nitrogens with one attached hydrogen (secondary N) is 2. The first-order valence-corrected chi connectivity index (χ1v) is 7.24. The lowest BCUT2D eigenvalue weighted by molar-refractivity contribution is -0.383. The summed E-state index contributed by atoms with van der Waals surface area (Å²) < 4.78 is 22.0. The molecule has 2 aromatic rings. The highest BCUT2D eigenvalue weighted by molar-refractivity contribution is 7.80. The van der Waals surface area contributed by atoms with Crippen molar-refractivity contribution in [3.63, 3.8) is 0 Å². The Morgan fingerprint density at radius 3 is 2.39 bits per heavy atom. The van der Waals surface area contributed by atoms with Crippen LogP contribution in [-0.4, -0.2) is 24.8 Å². The molecule has 1 atom stereocenters. The monoisotopic (exact) mass is 337 g/mol. The Kier molecular flexibility index (Phi) is 4.88. The van der Waals surface area contributed by atoms with Gasteiger partial charge in [0.15, 0.2) is 0 Å². The minimum Gasteiger partial charge on any atom is -0.478 e. The molecule has 0 spiro atoms. The summed E-state index contributed by atoms with van der Waals surface area (Å²) in [5, 5.41) is 23.0. The molecule has 0 saturated carbocycles. The molecular weight excluding hydrogens is 326 g/mol. The van der Waals surface area contributed by atoms with Crippen molar-refractivity contribution in [2.24, 2.45) is 0 Å². The van der Waals surface area contributed by atoms with Crippen molar-refractivity contribution >= 4 is 40.0 Å². The largest absolute Gasteiger partial charge is 0.478 e. The van der Waals surface area contributed by atoms with E-state index in [1.54, 1.807) is 30.3 Å². The number of carboxylic acids is 1. The Morgan fingerprint density at radius 2 is 1.87 bits per heavy atom. The number of hydrogen-bond donors (Lipinski definition) is 4. The maximum absolute atomic E-state index is 11.2. The normalized spacial score (nSPS) is 11.5. The van der Waals surface area contributed by atoms with Crippen LogP contribution >= 0.6 is 0 Å². The molecule has 2 aromatic carbocycles. The van der Waals surface area contributed by atoms with Gasteiger partial charge < -0.3 is 10.4 Å². The number of nitrogens with zero attached hydrogens (tertiary/aromatic N) is 1. The first-order valence-electron chi connectivity index (χ1n) is 6.14. The van der Waals surface area contributed by atoms with Crippen LogP contribution in [0.2, 0.25) is 0 Å². The second-order valence-electron chi connectivity index (χ2n) is 4.32. The average Bonchev–Trinajstić information content (AvgIpc) is 2.48. The minimum atomic E-state index is -2.53. The van der Waals surface area contributed by atoms with Crippen molar-refractivity contribution in [3.8, 4) is 0 Å². The average molecular weight is 337 g/mol. The summed E-state index contributed by atoms with van der Waals surface area (Å²) in [5.74, 6) is -1.40. The highest BCUT2D eigenvalue weighted by atomic mass is 32.2. The molecule has 0 fully saturated rings. The second kappa shape index (κ2) is 6.85. The van der Waals surface area contributed by atoms with Crippen LogP contribution in [0.3, 0.4) is 0 Å². The number of carbonyl (C=O) groups is 1. The molecule has 23 heavy (non-hydrogen) atoms. The van der Waals surface area contributed by atoms with E-state index in [0.717, 1.165) is 12.1 Å². The number of hydrogen-bond acceptors (Lipinski definition) is 5. The highest BCUT2D eigenvalue weighted by Gasteiger charge is 2.23. The number of anilines is 3. The minimum absolute atomic E-state index is 0.117. The number of nitro benzene ring substituents is 1. The number of para-hydroxylation sites is 1. The molecule has 120 valence electrons. The van der Waals surface area contributed by atoms with Crippen LogP contribution in [0.15, 0.2) is 42.5 Å². The van der Waals surface area contributed by atoms with Crippen LogP contribution < -0.4 is 10.0 Å². The molecular formula is C13H11N3O6S. The Labute approximate surface area is 132 Å². The fraction of sp³-hybridized carbons (Fsp3) is 0. The SMILES string of the molecule is O=C(O)c1cc(NS(=O)O)c(Nc2ccccc2)c([N+](=O)[O-])c1. The van der Waals surface area contributed by atoms with Crippen LogP contribution in [0.1, 0.15) is 10.4 Å². The summed E-state index contributed by atoms with van der Waals surface area (Å²) in [6.07, 6.45) is 0. The fourth-order valence-corrected chi connectivity index (χ4v) is 2.22. The Hall–Kier alpha value is -2.98. The number of benzene rings is 2. The van der Waals surface area contributed by atoms with Crippen molar-refractivity contribution in [1.82, 2.24) is 0 Å². The zero-order chi connectivity index (χ0) is 17.0. The molecule has 4 N–H and O–H groups in total. The van der Waals surface area contributed by atoms with E-state index in [0.29, 0.717) is 5.69 Å². The lowest BCUT2D eigenvalue weighted by Crippen LogP contribution is -2.09. The van der Waals surface area contributed by atoms with Gasteiger partial charge in [-0.3, -0.25) is 19.4 Å². The van der Waals surface area contributed by atoms with E-state index < -0.39 is 27.8 Å². The van der Waals surface area contributed by atoms with Crippen molar-refractivity contribution < 1.29 is 23.6 Å². The first-order chi connectivity index (χ1) is 10.9. The summed E-state index contributed by atoms with van der Waals surface area (Å²) in [6.45, 7) is 0. The summed E-state index contributed by atoms with van der Waals surface area (Å²) in [4.78, 5) is 21.5. The molecule has 0 aliphatic carbocycles. The van der Waals surface area contributed by atoms with Crippen LogP contribution in [0.25, 0.3) is 0 Å². The lowest BCUT2D eigenvalue weighted by atomic mass is 10.1. The maximum atomic E-state index is 11.2. The van der Waals surface area contributed by atoms with Gasteiger partial charge >= 0.3 is 5.97 Å². The van der Waals surface area contributed by atoms with Gasteiger partial charge in [-0.2, -0.15) is 0 Å². The van der Waals surface area contributed by atoms with Gasteiger partial charge in [0.05, 0.1) is 16.2 Å². The van der Waals surface area contributed by atoms with E-state index in [4.69, 9.17) is 9.66 Å². The molecule has 0 bridgehead atoms. The Balaban J connectivity index is 2.62. The zero-order valence-corrected chi connectivity index (χ0v) is 12.2. The van der Waals surface area contributed by atoms with Crippen molar-refractivity contribution in [3.05, 3.63) is 58.1 Å². The number of rotatable bonds is 6. The highest BCUT2D eigenvalue weighted by Crippen LogP contribution is 2.36. The molecule has 0 saturated heterocycles. The topological polar surface area (TPSA) is 142 Å². The molecule has 0 amide bonds. The molecule has 0 aromatic heterocycles. The van der Waals surface area contributed by atoms with Gasteiger partial charge in [0.1, 0.15) is 5.69 Å². The molecule has 9 nitrogen and oxygen atoms in total. The summed E-state index contributed by atoms with van der Waals surface area (Å²) in [5.41, 5.74) is -0.731. The van der Waals surface area contributed by atoms with Crippen LogP contribution in [-0.2, 0) is 11.3 Å². The molecule has 2 rings (SSSR count). The maximum Gasteiger partial charge on any atom is 0.336 e. The van der Waals surface area contributed by atoms with Gasteiger partial charge in [-0.25, -0.2) is 9.00 Å². The van der Waals surface area contributed by atoms with Crippen LogP contribution in [0.5, 0.6) is 0 Å². The molecule has 0 radical (unpaired) electrons. The summed E-state index contributed by atoms with van der Waals surface area (Å²) in [6, 6.07) is 10.3. The van der Waals surface area contributed by atoms with Gasteiger partial charge in [0.2, 0.25) is 0 Å². The first kappa shape index (κ1) is 16.4. The van der Waals surface area contributed by atoms with E-state index >= 15 is 0 Å². The molecule has 10 heteroatoms. The number of aromatic carboxylic acids is 1. The Bertz CT molecular complexity index is 781. The second-order valence-corrected chi connectivity index (χ2v) is 5.02. The lowest BCUT2D eigenvalue weighted by Gasteiger charge is -2.13. The molecule has 0 aliphatic heterocycles. The molecule has 0 heterocycles. The summed E-state index contributed by atoms with van der Waals surface area (Å²) >= 11 is -2.53. The smallest absolute Gasteiger partial charge is 0.336 e. The number of carboxylic acid groups (broad SMARTS) is 1. The third kappa shape index (κ3) is 4.02. The fourth-order valence-electron chi connectivity index (χ4n) is 1.87. The molecule has 1 unspecified atom stereocenters. The van der Waals surface area contributed by atoms with E-state index in [9.17, 15) is 19.1 Å². The van der Waals surface area contributed by atoms with Crippen molar-refractivity contribution in [2.75, 3.05) is 10.0 Å². The van der Waals surface area contributed by atoms with E-state index in [1.807, 2.05) is 0 Å². The van der Waals surface area contributed by atoms with E-state index in [1.165, 1.54) is 0 Å². The Morgan fingerprint density at radius 1 is 1.22 bits per heavy atom. The number of nitro groups is 1. The predicted octanol–water partition coefficient (Wildman–Crippen LogP) is 2.59. The van der Waals surface area contributed by atoms with E-state index in [-0.39, 0.29) is 16.9 Å². The third-order valence-electron chi connectivity index (χ3n) is 2.80. The van der Waals surface area contributed by atoms with Gasteiger partial charge in [0.25, 0.3) is 17.0 Å². The van der Waals surface area contributed by atoms with Gasteiger partial charge in [-0.15, -0.1) is 0 Å². The van der Waals surface area contributed by atoms with Gasteiger partial charge in [-0.05, 0) is 18.2 Å². The van der Waals surface area contributed by atoms with Crippen LogP contribution in [0.4, 0.5) is 22.7 Å². The van der Waals surface area contributed by atoms with E-state index in [2.05, 4.69) is 10.0 Å².